The van der Waals surface area contributed by atoms with Crippen molar-refractivity contribution in [1.82, 2.24) is 24.6 Å². The van der Waals surface area contributed by atoms with Gasteiger partial charge in [-0.15, -0.1) is 0 Å². The predicted octanol–water partition coefficient (Wildman–Crippen LogP) is 1.90. The summed E-state index contributed by atoms with van der Waals surface area (Å²) in [5.74, 6) is -0.0460. The number of likely N-dealkylation sites (tertiary alicyclic amines) is 1. The Labute approximate surface area is 124 Å². The molecule has 1 saturated heterocycles. The van der Waals surface area contributed by atoms with Crippen molar-refractivity contribution in [2.75, 3.05) is 19.6 Å². The highest BCUT2D eigenvalue weighted by Gasteiger charge is 2.12. The normalized spacial score (nSPS) is 16.4. The molecule has 112 valence electrons. The number of Topliss-reactive ketones (excluding diaryl/α,β-unsaturated/α-hetero) is 1. The highest BCUT2D eigenvalue weighted by atomic mass is 16.1. The number of nitrogens with zero attached hydrogens (tertiary/aromatic N) is 5. The van der Waals surface area contributed by atoms with Crippen LogP contribution in [0.1, 0.15) is 43.1 Å². The van der Waals surface area contributed by atoms with Gasteiger partial charge in [0.15, 0.2) is 11.4 Å². The fraction of sp³-hybridized carbons (Fsp3) is 0.600. The lowest BCUT2D eigenvalue weighted by Crippen LogP contribution is -2.31. The predicted molar refractivity (Wildman–Crippen MR) is 80.2 cm³/mol. The first-order valence-corrected chi connectivity index (χ1v) is 7.65. The first kappa shape index (κ1) is 14.1. The largest absolute Gasteiger partial charge is 0.303 e. The number of aromatic nitrogens is 4. The maximum absolute atomic E-state index is 11.6. The van der Waals surface area contributed by atoms with Gasteiger partial charge in [0.25, 0.3) is 0 Å². The smallest absolute Gasteiger partial charge is 0.184 e. The molecule has 0 unspecified atom stereocenters. The third kappa shape index (κ3) is 3.26. The molecule has 0 aromatic carbocycles. The average Bonchev–Trinajstić information content (AvgIpc) is 2.90. The minimum atomic E-state index is -0.0460. The molecule has 3 heterocycles. The van der Waals surface area contributed by atoms with E-state index in [1.54, 1.807) is 0 Å². The maximum Gasteiger partial charge on any atom is 0.184 e. The standard InChI is InChI=1S/C15H21N5O/c1-12(21)14-13-10-20(18-15(13)17-11-16-14)9-5-8-19-6-3-2-4-7-19/h10-11H,2-9H2,1H3. The van der Waals surface area contributed by atoms with E-state index in [0.29, 0.717) is 11.3 Å². The van der Waals surface area contributed by atoms with Gasteiger partial charge in [0.1, 0.15) is 12.0 Å². The zero-order valence-corrected chi connectivity index (χ0v) is 12.5. The van der Waals surface area contributed by atoms with E-state index in [-0.39, 0.29) is 5.78 Å². The number of carbonyl (C=O) groups is 1. The van der Waals surface area contributed by atoms with E-state index in [2.05, 4.69) is 20.0 Å². The SMILES string of the molecule is CC(=O)c1ncnc2nn(CCCN3CCCCC3)cc12. The Hall–Kier alpha value is -1.82. The minimum Gasteiger partial charge on any atom is -0.303 e. The molecule has 0 aliphatic carbocycles. The van der Waals surface area contributed by atoms with Gasteiger partial charge in [0, 0.05) is 19.7 Å². The molecule has 1 aliphatic rings. The van der Waals surface area contributed by atoms with Crippen LogP contribution in [-0.4, -0.2) is 50.1 Å². The van der Waals surface area contributed by atoms with Crippen LogP contribution in [0.15, 0.2) is 12.5 Å². The number of fused-ring (bicyclic) bond motifs is 1. The third-order valence-electron chi connectivity index (χ3n) is 4.01. The Kier molecular flexibility index (Phi) is 4.24. The molecule has 0 radical (unpaired) electrons. The van der Waals surface area contributed by atoms with Crippen molar-refractivity contribution < 1.29 is 4.79 Å². The lowest BCUT2D eigenvalue weighted by molar-refractivity contribution is 0.101. The van der Waals surface area contributed by atoms with E-state index in [9.17, 15) is 4.79 Å². The zero-order chi connectivity index (χ0) is 14.7. The number of piperidine rings is 1. The van der Waals surface area contributed by atoms with Gasteiger partial charge in [0.05, 0.1) is 5.39 Å². The van der Waals surface area contributed by atoms with Crippen molar-refractivity contribution in [3.05, 3.63) is 18.2 Å². The van der Waals surface area contributed by atoms with Gasteiger partial charge in [-0.25, -0.2) is 9.97 Å². The van der Waals surface area contributed by atoms with E-state index in [1.807, 2.05) is 10.9 Å². The molecule has 21 heavy (non-hydrogen) atoms. The highest BCUT2D eigenvalue weighted by Crippen LogP contribution is 2.14. The molecule has 0 atom stereocenters. The van der Waals surface area contributed by atoms with E-state index < -0.39 is 0 Å². The van der Waals surface area contributed by atoms with Crippen LogP contribution in [0.3, 0.4) is 0 Å². The van der Waals surface area contributed by atoms with E-state index in [1.165, 1.54) is 45.6 Å². The number of ketones is 1. The summed E-state index contributed by atoms with van der Waals surface area (Å²) >= 11 is 0. The van der Waals surface area contributed by atoms with E-state index in [4.69, 9.17) is 0 Å². The van der Waals surface area contributed by atoms with Crippen molar-refractivity contribution in [2.45, 2.75) is 39.2 Å². The van der Waals surface area contributed by atoms with Crippen molar-refractivity contribution >= 4 is 16.8 Å². The Morgan fingerprint density at radius 2 is 2.00 bits per heavy atom. The Morgan fingerprint density at radius 3 is 2.76 bits per heavy atom. The molecule has 2 aromatic heterocycles. The van der Waals surface area contributed by atoms with Gasteiger partial charge < -0.3 is 4.90 Å². The first-order valence-electron chi connectivity index (χ1n) is 7.65. The fourth-order valence-electron chi connectivity index (χ4n) is 2.92. The van der Waals surface area contributed by atoms with Crippen molar-refractivity contribution in [1.29, 1.82) is 0 Å². The molecule has 0 bridgehead atoms. The van der Waals surface area contributed by atoms with Crippen molar-refractivity contribution in [2.24, 2.45) is 0 Å². The number of hydrogen-bond acceptors (Lipinski definition) is 5. The van der Waals surface area contributed by atoms with Crippen molar-refractivity contribution in [3.8, 4) is 0 Å². The molecule has 0 spiro atoms. The summed E-state index contributed by atoms with van der Waals surface area (Å²) in [6.07, 6.45) is 8.38. The Bertz CT molecular complexity index is 630. The monoisotopic (exact) mass is 287 g/mol. The van der Waals surface area contributed by atoms with Gasteiger partial charge in [0.2, 0.25) is 0 Å². The molecule has 1 fully saturated rings. The van der Waals surface area contributed by atoms with Crippen LogP contribution in [0.5, 0.6) is 0 Å². The summed E-state index contributed by atoms with van der Waals surface area (Å²) in [6.45, 7) is 5.93. The number of hydrogen-bond donors (Lipinski definition) is 0. The van der Waals surface area contributed by atoms with Gasteiger partial charge in [-0.05, 0) is 38.9 Å². The van der Waals surface area contributed by atoms with Gasteiger partial charge >= 0.3 is 0 Å². The molecular formula is C15H21N5O. The van der Waals surface area contributed by atoms with Crippen LogP contribution in [0, 0.1) is 0 Å². The zero-order valence-electron chi connectivity index (χ0n) is 12.5. The van der Waals surface area contributed by atoms with Crippen LogP contribution in [0.25, 0.3) is 11.0 Å². The summed E-state index contributed by atoms with van der Waals surface area (Å²) < 4.78 is 1.88. The third-order valence-corrected chi connectivity index (χ3v) is 4.01. The Morgan fingerprint density at radius 1 is 1.19 bits per heavy atom. The van der Waals surface area contributed by atoms with Gasteiger partial charge in [-0.1, -0.05) is 6.42 Å². The van der Waals surface area contributed by atoms with Crippen LogP contribution < -0.4 is 0 Å². The molecule has 2 aromatic rings. The summed E-state index contributed by atoms with van der Waals surface area (Å²) in [5, 5.41) is 5.19. The van der Waals surface area contributed by atoms with Gasteiger partial charge in [-0.3, -0.25) is 9.48 Å². The maximum atomic E-state index is 11.6. The van der Waals surface area contributed by atoms with Crippen LogP contribution in [-0.2, 0) is 6.54 Å². The second kappa shape index (κ2) is 6.30. The number of carbonyl (C=O) groups excluding carboxylic acids is 1. The summed E-state index contributed by atoms with van der Waals surface area (Å²) in [5.41, 5.74) is 1.07. The second-order valence-electron chi connectivity index (χ2n) is 5.66. The number of aryl methyl sites for hydroxylation is 1. The fourth-order valence-corrected chi connectivity index (χ4v) is 2.92. The molecule has 0 saturated carbocycles. The van der Waals surface area contributed by atoms with Crippen LogP contribution >= 0.6 is 0 Å². The lowest BCUT2D eigenvalue weighted by Gasteiger charge is -2.26. The molecule has 0 amide bonds. The summed E-state index contributed by atoms with van der Waals surface area (Å²) in [4.78, 5) is 22.3. The molecule has 0 N–H and O–H groups in total. The second-order valence-corrected chi connectivity index (χ2v) is 5.66. The molecule has 6 heteroatoms. The van der Waals surface area contributed by atoms with Crippen LogP contribution in [0.4, 0.5) is 0 Å². The topological polar surface area (TPSA) is 63.9 Å². The minimum absolute atomic E-state index is 0.0460. The molecule has 3 rings (SSSR count). The molecule has 6 nitrogen and oxygen atoms in total. The van der Waals surface area contributed by atoms with E-state index in [0.717, 1.165) is 24.9 Å². The number of rotatable bonds is 5. The summed E-state index contributed by atoms with van der Waals surface area (Å²) in [7, 11) is 0. The van der Waals surface area contributed by atoms with E-state index >= 15 is 0 Å². The molecular weight excluding hydrogens is 266 g/mol. The van der Waals surface area contributed by atoms with Gasteiger partial charge in [-0.2, -0.15) is 5.10 Å². The van der Waals surface area contributed by atoms with Crippen LogP contribution in [0.2, 0.25) is 0 Å². The quantitative estimate of drug-likeness (QED) is 0.786. The lowest BCUT2D eigenvalue weighted by atomic mass is 10.1. The first-order chi connectivity index (χ1) is 10.2. The summed E-state index contributed by atoms with van der Waals surface area (Å²) in [6, 6.07) is 0. The average molecular weight is 287 g/mol. The molecule has 1 aliphatic heterocycles. The van der Waals surface area contributed by atoms with Crippen molar-refractivity contribution in [3.63, 3.8) is 0 Å². The Balaban J connectivity index is 1.64. The highest BCUT2D eigenvalue weighted by molar-refractivity contribution is 6.03.